The molecule has 2 aliphatic heterocycles. The minimum atomic E-state index is -3.72. The van der Waals surface area contributed by atoms with Crippen LogP contribution in [0.5, 0.6) is 5.88 Å². The van der Waals surface area contributed by atoms with Gasteiger partial charge in [0.05, 0.1) is 46.4 Å². The number of methoxy groups -OCH3 is 1. The molecule has 2 N–H and O–H groups in total. The number of carbonyl (C=O) groups is 1. The lowest BCUT2D eigenvalue weighted by Crippen LogP contribution is -2.42. The van der Waals surface area contributed by atoms with Crippen molar-refractivity contribution in [2.75, 3.05) is 33.3 Å². The Bertz CT molecular complexity index is 2540. The number of rotatable bonds is 10. The maximum absolute atomic E-state index is 16.2. The van der Waals surface area contributed by atoms with Crippen molar-refractivity contribution in [2.24, 2.45) is 5.92 Å². The van der Waals surface area contributed by atoms with Gasteiger partial charge in [0, 0.05) is 43.3 Å². The van der Waals surface area contributed by atoms with Gasteiger partial charge in [-0.05, 0) is 93.3 Å². The zero-order valence-electron chi connectivity index (χ0n) is 32.0. The Labute approximate surface area is 335 Å². The Kier molecular flexibility index (Phi) is 9.63. The molecule has 3 aromatic carbocycles. The highest BCUT2D eigenvalue weighted by Crippen LogP contribution is 2.45. The summed E-state index contributed by atoms with van der Waals surface area (Å²) in [7, 11) is -2.14. The average molecular weight is 815 g/mol. The highest BCUT2D eigenvalue weighted by Gasteiger charge is 2.51. The fourth-order valence-corrected chi connectivity index (χ4v) is 10.3. The smallest absolute Gasteiger partial charge is 0.240 e. The quantitative estimate of drug-likeness (QED) is 0.157. The van der Waals surface area contributed by atoms with Gasteiger partial charge < -0.3 is 14.3 Å². The maximum atomic E-state index is 16.2. The number of ether oxygens (including phenoxy) is 1. The number of aromatic nitrogens is 3. The van der Waals surface area contributed by atoms with Crippen LogP contribution in [0.4, 0.5) is 4.39 Å². The minimum absolute atomic E-state index is 0.0679. The zero-order chi connectivity index (χ0) is 39.8. The molecule has 4 heterocycles. The second kappa shape index (κ2) is 14.4. The van der Waals surface area contributed by atoms with Crippen LogP contribution >= 0.6 is 11.6 Å². The molecule has 3 atom stereocenters. The number of carbonyl (C=O) groups excluding carboxylic acids is 1. The molecule has 15 heteroatoms. The van der Waals surface area contributed by atoms with E-state index in [9.17, 15) is 18.3 Å². The molecule has 0 unspecified atom stereocenters. The first-order valence-corrected chi connectivity index (χ1v) is 21.3. The van der Waals surface area contributed by atoms with Gasteiger partial charge in [0.25, 0.3) is 0 Å². The standard InChI is InChI=1S/C42H44ClFN6O6S/c1-23-26(6-4-7-27(23)33-19-45-34(41(47-33)55-3)22-49-16-13-25(51)21-49)28-8-5-9-30(36(28)43)40-46-32-18-31-29(37(44)38(32)56-40)10-11-35(31)50-17-12-24(20-50)39(52)48-57(53,54)42(2)14-15-42/h4-9,18-19,24-25,35,51H,10-17,20-22H2,1-3H3,(H,48,52)/t24-,25-,35-/m1/s1. The van der Waals surface area contributed by atoms with E-state index in [4.69, 9.17) is 35.7 Å². The summed E-state index contributed by atoms with van der Waals surface area (Å²) in [6.45, 7) is 6.57. The van der Waals surface area contributed by atoms with E-state index in [0.717, 1.165) is 40.8 Å². The maximum Gasteiger partial charge on any atom is 0.240 e. The van der Waals surface area contributed by atoms with E-state index in [2.05, 4.69) is 14.5 Å². The van der Waals surface area contributed by atoms with Crippen molar-refractivity contribution in [1.82, 2.24) is 29.5 Å². The van der Waals surface area contributed by atoms with Gasteiger partial charge in [-0.25, -0.2) is 22.8 Å². The van der Waals surface area contributed by atoms with Gasteiger partial charge >= 0.3 is 0 Å². The first kappa shape index (κ1) is 38.1. The first-order valence-electron chi connectivity index (χ1n) is 19.5. The number of likely N-dealkylation sites (tertiary alicyclic amines) is 2. The molecule has 12 nitrogen and oxygen atoms in total. The highest BCUT2D eigenvalue weighted by molar-refractivity contribution is 7.91. The van der Waals surface area contributed by atoms with Crippen molar-refractivity contribution in [3.8, 4) is 39.7 Å². The monoisotopic (exact) mass is 814 g/mol. The molecule has 2 aromatic heterocycles. The van der Waals surface area contributed by atoms with Gasteiger partial charge in [-0.3, -0.25) is 24.3 Å². The van der Waals surface area contributed by atoms with E-state index in [0.29, 0.717) is 97.2 Å². The lowest BCUT2D eigenvalue weighted by Gasteiger charge is -2.25. The third kappa shape index (κ3) is 6.78. The largest absolute Gasteiger partial charge is 0.480 e. The van der Waals surface area contributed by atoms with Gasteiger partial charge in [0.2, 0.25) is 27.7 Å². The minimum Gasteiger partial charge on any atom is -0.480 e. The summed E-state index contributed by atoms with van der Waals surface area (Å²) in [5.41, 5.74) is 7.11. The van der Waals surface area contributed by atoms with Gasteiger partial charge in [-0.15, -0.1) is 0 Å². The number of hydrogen-bond donors (Lipinski definition) is 2. The Morgan fingerprint density at radius 3 is 2.56 bits per heavy atom. The normalized spacial score (nSPS) is 22.0. The van der Waals surface area contributed by atoms with E-state index in [1.54, 1.807) is 26.3 Å². The van der Waals surface area contributed by atoms with Gasteiger partial charge in [0.15, 0.2) is 11.4 Å². The molecule has 9 rings (SSSR count). The van der Waals surface area contributed by atoms with Gasteiger partial charge in [-0.2, -0.15) is 0 Å². The fourth-order valence-electron chi connectivity index (χ4n) is 8.71. The van der Waals surface area contributed by atoms with Crippen molar-refractivity contribution in [2.45, 2.75) is 75.8 Å². The van der Waals surface area contributed by atoms with E-state index in [-0.39, 0.29) is 23.6 Å². The molecule has 57 heavy (non-hydrogen) atoms. The Hall–Kier alpha value is -4.47. The number of aliphatic hydroxyl groups is 1. The summed E-state index contributed by atoms with van der Waals surface area (Å²) in [6.07, 6.45) is 4.95. The third-order valence-electron chi connectivity index (χ3n) is 12.4. The van der Waals surface area contributed by atoms with Crippen LogP contribution in [-0.2, 0) is 27.8 Å². The number of oxazole rings is 1. The van der Waals surface area contributed by atoms with E-state index in [1.165, 1.54) is 0 Å². The first-order chi connectivity index (χ1) is 27.3. The summed E-state index contributed by atoms with van der Waals surface area (Å²) in [5, 5.41) is 10.4. The van der Waals surface area contributed by atoms with Crippen LogP contribution in [0, 0.1) is 18.7 Å². The third-order valence-corrected chi connectivity index (χ3v) is 15.0. The molecule has 0 radical (unpaired) electrons. The van der Waals surface area contributed by atoms with Crippen LogP contribution in [-0.4, -0.2) is 88.3 Å². The molecule has 0 bridgehead atoms. The van der Waals surface area contributed by atoms with Crippen molar-refractivity contribution >= 4 is 38.6 Å². The number of halogens is 2. The predicted molar refractivity (Wildman–Crippen MR) is 214 cm³/mol. The number of sulfonamides is 1. The van der Waals surface area contributed by atoms with Crippen molar-refractivity contribution in [3.63, 3.8) is 0 Å². The number of amides is 1. The second-order valence-electron chi connectivity index (χ2n) is 16.1. The van der Waals surface area contributed by atoms with Crippen molar-refractivity contribution in [1.29, 1.82) is 0 Å². The molecular weight excluding hydrogens is 771 g/mol. The van der Waals surface area contributed by atoms with Crippen molar-refractivity contribution in [3.05, 3.63) is 81.9 Å². The molecular formula is C42H44ClFN6O6S. The fraction of sp³-hybridized carbons (Fsp3) is 0.429. The number of nitrogens with one attached hydrogen (secondary N) is 1. The van der Waals surface area contributed by atoms with Crippen LogP contribution in [0.3, 0.4) is 0 Å². The summed E-state index contributed by atoms with van der Waals surface area (Å²) in [6, 6.07) is 13.2. The predicted octanol–water partition coefficient (Wildman–Crippen LogP) is 6.60. The highest BCUT2D eigenvalue weighted by atomic mass is 35.5. The summed E-state index contributed by atoms with van der Waals surface area (Å²) >= 11 is 7.15. The van der Waals surface area contributed by atoms with Crippen LogP contribution < -0.4 is 9.46 Å². The molecule has 1 amide bonds. The van der Waals surface area contributed by atoms with Crippen LogP contribution in [0.25, 0.3) is 44.9 Å². The average Bonchev–Trinajstić information content (AvgIpc) is 3.66. The second-order valence-corrected chi connectivity index (χ2v) is 18.7. The number of nitrogens with zero attached hydrogens (tertiary/aromatic N) is 5. The SMILES string of the molecule is COc1nc(-c2cccc(-c3cccc(-c4nc5cc6c(c(F)c5o4)CC[C@H]6N4CC[C@@H](C(=O)NS(=O)(=O)C5(C)CC5)C4)c3Cl)c2C)cnc1CN1CC[C@@H](O)C1. The van der Waals surface area contributed by atoms with E-state index < -0.39 is 32.4 Å². The summed E-state index contributed by atoms with van der Waals surface area (Å²) < 4.78 is 54.9. The molecule has 4 aliphatic rings. The molecule has 298 valence electrons. The topological polar surface area (TPSA) is 151 Å². The Morgan fingerprint density at radius 2 is 1.82 bits per heavy atom. The molecule has 5 aromatic rings. The van der Waals surface area contributed by atoms with Crippen molar-refractivity contribution < 1.29 is 31.9 Å². The number of β-amino-alcohol motifs (C(OH)–C–C–N with tert-alkyl or cyclic N) is 1. The van der Waals surface area contributed by atoms with Crippen LogP contribution in [0.15, 0.2) is 53.1 Å². The number of hydrogen-bond acceptors (Lipinski definition) is 11. The summed E-state index contributed by atoms with van der Waals surface area (Å²) in [5.74, 6) is -0.745. The number of benzene rings is 3. The lowest BCUT2D eigenvalue weighted by atomic mass is 9.94. The number of fused-ring (bicyclic) bond motifs is 2. The zero-order valence-corrected chi connectivity index (χ0v) is 33.6. The van der Waals surface area contributed by atoms with E-state index >= 15 is 4.39 Å². The molecule has 2 saturated heterocycles. The van der Waals surface area contributed by atoms with Gasteiger partial charge in [0.1, 0.15) is 11.2 Å². The molecule has 0 spiro atoms. The van der Waals surface area contributed by atoms with Crippen LogP contribution in [0.1, 0.15) is 67.5 Å². The molecule has 2 aliphatic carbocycles. The molecule has 1 saturated carbocycles. The van der Waals surface area contributed by atoms with Crippen LogP contribution in [0.2, 0.25) is 5.02 Å². The Morgan fingerprint density at radius 1 is 1.07 bits per heavy atom. The number of aliphatic hydroxyl groups excluding tert-OH is 1. The van der Waals surface area contributed by atoms with E-state index in [1.807, 2.05) is 43.3 Å². The summed E-state index contributed by atoms with van der Waals surface area (Å²) in [4.78, 5) is 31.6. The Balaban J connectivity index is 0.970. The lowest BCUT2D eigenvalue weighted by molar-refractivity contribution is -0.122. The molecule has 3 fully saturated rings. The van der Waals surface area contributed by atoms with Gasteiger partial charge in [-0.1, -0.05) is 41.9 Å².